The van der Waals surface area contributed by atoms with Crippen LogP contribution in [-0.2, 0) is 17.9 Å². The van der Waals surface area contributed by atoms with Crippen LogP contribution >= 0.6 is 34.8 Å². The Morgan fingerprint density at radius 3 is 2.67 bits per heavy atom. The highest BCUT2D eigenvalue weighted by Crippen LogP contribution is 2.32. The van der Waals surface area contributed by atoms with E-state index in [1.807, 2.05) is 0 Å². The molecule has 0 saturated carbocycles. The molecule has 0 radical (unpaired) electrons. The molecule has 2 N–H and O–H groups in total. The standard InChI is InChI=1S/C12H12Cl3N5O/c1-16-4-7-5-20(19-18-7)6-12(21)17-11-3-9(14)8(13)2-10(11)15/h2-3,5,16H,4,6H2,1H3,(H,17,21). The number of carbonyl (C=O) groups is 1. The molecule has 2 rings (SSSR count). The second-order valence-corrected chi connectivity index (χ2v) is 5.45. The van der Waals surface area contributed by atoms with Crippen LogP contribution in [0.2, 0.25) is 15.1 Å². The maximum atomic E-state index is 11.9. The molecule has 0 unspecified atom stereocenters. The molecule has 6 nitrogen and oxygen atoms in total. The molecule has 0 aliphatic rings. The molecule has 1 aromatic heterocycles. The molecule has 2 aromatic rings. The first kappa shape index (κ1) is 16.0. The highest BCUT2D eigenvalue weighted by molar-refractivity contribution is 6.44. The van der Waals surface area contributed by atoms with E-state index >= 15 is 0 Å². The van der Waals surface area contributed by atoms with Crippen LogP contribution in [0.15, 0.2) is 18.3 Å². The molecule has 0 aliphatic heterocycles. The van der Waals surface area contributed by atoms with Crippen molar-refractivity contribution in [1.82, 2.24) is 20.3 Å². The molecule has 21 heavy (non-hydrogen) atoms. The highest BCUT2D eigenvalue weighted by Gasteiger charge is 2.11. The van der Waals surface area contributed by atoms with E-state index in [0.717, 1.165) is 5.69 Å². The third-order valence-electron chi connectivity index (χ3n) is 2.53. The van der Waals surface area contributed by atoms with E-state index in [0.29, 0.717) is 27.3 Å². The van der Waals surface area contributed by atoms with Gasteiger partial charge in [-0.3, -0.25) is 4.79 Å². The maximum absolute atomic E-state index is 11.9. The smallest absolute Gasteiger partial charge is 0.246 e. The number of nitrogens with zero attached hydrogens (tertiary/aromatic N) is 3. The van der Waals surface area contributed by atoms with Crippen molar-refractivity contribution in [2.45, 2.75) is 13.1 Å². The number of carbonyl (C=O) groups excluding carboxylic acids is 1. The number of benzene rings is 1. The lowest BCUT2D eigenvalue weighted by Gasteiger charge is -2.08. The molecule has 0 fully saturated rings. The Hall–Kier alpha value is -1.34. The summed E-state index contributed by atoms with van der Waals surface area (Å²) in [6, 6.07) is 2.97. The zero-order chi connectivity index (χ0) is 15.4. The molecule has 0 atom stereocenters. The topological polar surface area (TPSA) is 71.8 Å². The van der Waals surface area contributed by atoms with Crippen LogP contribution < -0.4 is 10.6 Å². The van der Waals surface area contributed by atoms with Gasteiger partial charge in [-0.15, -0.1) is 5.10 Å². The number of hydrogen-bond acceptors (Lipinski definition) is 4. The minimum atomic E-state index is -0.295. The van der Waals surface area contributed by atoms with Gasteiger partial charge >= 0.3 is 0 Å². The Morgan fingerprint density at radius 2 is 1.95 bits per heavy atom. The van der Waals surface area contributed by atoms with Gasteiger partial charge in [0.2, 0.25) is 5.91 Å². The third-order valence-corrected chi connectivity index (χ3v) is 3.57. The first-order chi connectivity index (χ1) is 9.99. The summed E-state index contributed by atoms with van der Waals surface area (Å²) >= 11 is 17.7. The Bertz CT molecular complexity index is 658. The van der Waals surface area contributed by atoms with E-state index in [-0.39, 0.29) is 12.5 Å². The van der Waals surface area contributed by atoms with Gasteiger partial charge in [0, 0.05) is 6.54 Å². The normalized spacial score (nSPS) is 10.7. The van der Waals surface area contributed by atoms with Gasteiger partial charge in [-0.05, 0) is 19.2 Å². The van der Waals surface area contributed by atoms with Gasteiger partial charge in [-0.25, -0.2) is 4.68 Å². The van der Waals surface area contributed by atoms with E-state index < -0.39 is 0 Å². The molecular weight excluding hydrogens is 337 g/mol. The van der Waals surface area contributed by atoms with Crippen LogP contribution in [0, 0.1) is 0 Å². The van der Waals surface area contributed by atoms with Gasteiger partial charge < -0.3 is 10.6 Å². The van der Waals surface area contributed by atoms with Gasteiger partial charge in [0.15, 0.2) is 0 Å². The lowest BCUT2D eigenvalue weighted by molar-refractivity contribution is -0.116. The monoisotopic (exact) mass is 347 g/mol. The molecule has 1 heterocycles. The summed E-state index contributed by atoms with van der Waals surface area (Å²) in [4.78, 5) is 11.9. The number of amides is 1. The first-order valence-corrected chi connectivity index (χ1v) is 7.11. The predicted molar refractivity (Wildman–Crippen MR) is 82.9 cm³/mol. The summed E-state index contributed by atoms with van der Waals surface area (Å²) in [5.74, 6) is -0.295. The van der Waals surface area contributed by atoms with Crippen LogP contribution in [0.4, 0.5) is 5.69 Å². The second-order valence-electron chi connectivity index (χ2n) is 4.23. The summed E-state index contributed by atoms with van der Waals surface area (Å²) in [5, 5.41) is 14.3. The van der Waals surface area contributed by atoms with Crippen LogP contribution in [0.1, 0.15) is 5.69 Å². The number of rotatable bonds is 5. The Kier molecular flexibility index (Phi) is 5.41. The SMILES string of the molecule is CNCc1cn(CC(=O)Nc2cc(Cl)c(Cl)cc2Cl)nn1. The van der Waals surface area contributed by atoms with E-state index in [9.17, 15) is 4.79 Å². The zero-order valence-corrected chi connectivity index (χ0v) is 13.3. The van der Waals surface area contributed by atoms with Crippen molar-refractivity contribution < 1.29 is 4.79 Å². The molecular formula is C12H12Cl3N5O. The fourth-order valence-corrected chi connectivity index (χ4v) is 2.23. The number of hydrogen-bond donors (Lipinski definition) is 2. The van der Waals surface area contributed by atoms with Crippen molar-refractivity contribution in [1.29, 1.82) is 0 Å². The predicted octanol–water partition coefficient (Wildman–Crippen LogP) is 2.60. The quantitative estimate of drug-likeness (QED) is 0.815. The summed E-state index contributed by atoms with van der Waals surface area (Å²) in [6.45, 7) is 0.605. The van der Waals surface area contributed by atoms with Crippen molar-refractivity contribution in [3.63, 3.8) is 0 Å². The summed E-state index contributed by atoms with van der Waals surface area (Å²) in [6.07, 6.45) is 1.69. The third kappa shape index (κ3) is 4.31. The maximum Gasteiger partial charge on any atom is 0.246 e. The number of aromatic nitrogens is 3. The van der Waals surface area contributed by atoms with E-state index in [2.05, 4.69) is 20.9 Å². The number of nitrogens with one attached hydrogen (secondary N) is 2. The Balaban J connectivity index is 2.02. The molecule has 1 aromatic carbocycles. The van der Waals surface area contributed by atoms with Crippen molar-refractivity contribution >= 4 is 46.4 Å². The number of anilines is 1. The van der Waals surface area contributed by atoms with E-state index in [4.69, 9.17) is 34.8 Å². The van der Waals surface area contributed by atoms with E-state index in [1.165, 1.54) is 16.8 Å². The average molecular weight is 349 g/mol. The summed E-state index contributed by atoms with van der Waals surface area (Å²) in [7, 11) is 1.80. The molecule has 0 bridgehead atoms. The van der Waals surface area contributed by atoms with Gasteiger partial charge in [0.1, 0.15) is 6.54 Å². The molecule has 0 spiro atoms. The highest BCUT2D eigenvalue weighted by atomic mass is 35.5. The van der Waals surface area contributed by atoms with Crippen molar-refractivity contribution in [3.8, 4) is 0 Å². The minimum Gasteiger partial charge on any atom is -0.323 e. The molecule has 0 saturated heterocycles. The lowest BCUT2D eigenvalue weighted by Crippen LogP contribution is -2.19. The Morgan fingerprint density at radius 1 is 1.24 bits per heavy atom. The average Bonchev–Trinajstić information content (AvgIpc) is 2.83. The van der Waals surface area contributed by atoms with Crippen LogP contribution in [0.25, 0.3) is 0 Å². The van der Waals surface area contributed by atoms with Gasteiger partial charge in [-0.2, -0.15) is 0 Å². The largest absolute Gasteiger partial charge is 0.323 e. The second kappa shape index (κ2) is 7.09. The van der Waals surface area contributed by atoms with Crippen molar-refractivity contribution in [2.75, 3.05) is 12.4 Å². The van der Waals surface area contributed by atoms with Crippen LogP contribution in [-0.4, -0.2) is 27.9 Å². The van der Waals surface area contributed by atoms with Crippen molar-refractivity contribution in [3.05, 3.63) is 39.1 Å². The van der Waals surface area contributed by atoms with Crippen LogP contribution in [0.5, 0.6) is 0 Å². The van der Waals surface area contributed by atoms with Gasteiger partial charge in [-0.1, -0.05) is 40.0 Å². The summed E-state index contributed by atoms with van der Waals surface area (Å²) < 4.78 is 1.44. The molecule has 9 heteroatoms. The fourth-order valence-electron chi connectivity index (χ4n) is 1.63. The van der Waals surface area contributed by atoms with E-state index in [1.54, 1.807) is 13.2 Å². The first-order valence-electron chi connectivity index (χ1n) is 5.97. The zero-order valence-electron chi connectivity index (χ0n) is 11.0. The van der Waals surface area contributed by atoms with Crippen molar-refractivity contribution in [2.24, 2.45) is 0 Å². The van der Waals surface area contributed by atoms with Crippen LogP contribution in [0.3, 0.4) is 0 Å². The Labute approximate surface area is 136 Å². The summed E-state index contributed by atoms with van der Waals surface area (Å²) in [5.41, 5.74) is 1.14. The van der Waals surface area contributed by atoms with Gasteiger partial charge in [0.25, 0.3) is 0 Å². The fraction of sp³-hybridized carbons (Fsp3) is 0.250. The van der Waals surface area contributed by atoms with Gasteiger partial charge in [0.05, 0.1) is 32.6 Å². The molecule has 0 aliphatic carbocycles. The molecule has 1 amide bonds. The molecule has 112 valence electrons. The minimum absolute atomic E-state index is 0.0211. The number of halogens is 3. The lowest BCUT2D eigenvalue weighted by atomic mass is 10.3.